The number of carbonyl (C=O) groups is 1. The third kappa shape index (κ3) is 6.22. The molecule has 0 aliphatic heterocycles. The highest BCUT2D eigenvalue weighted by molar-refractivity contribution is 7.39. The zero-order valence-corrected chi connectivity index (χ0v) is 11.4. The zero-order valence-electron chi connectivity index (χ0n) is 10.5. The fourth-order valence-electron chi connectivity index (χ4n) is 1.81. The van der Waals surface area contributed by atoms with E-state index in [1.54, 1.807) is 13.8 Å². The highest BCUT2D eigenvalue weighted by atomic mass is 31.1. The van der Waals surface area contributed by atoms with Crippen LogP contribution in [0.2, 0.25) is 0 Å². The van der Waals surface area contributed by atoms with Gasteiger partial charge >= 0.3 is 8.03 Å². The van der Waals surface area contributed by atoms with Crippen molar-refractivity contribution in [2.45, 2.75) is 33.3 Å². The van der Waals surface area contributed by atoms with Crippen molar-refractivity contribution in [3.05, 3.63) is 0 Å². The predicted molar refractivity (Wildman–Crippen MR) is 64.9 cm³/mol. The van der Waals surface area contributed by atoms with E-state index < -0.39 is 32.0 Å². The molecule has 0 saturated heterocycles. The fraction of sp³-hybridized carbons (Fsp3) is 0.909. The molecular weight excluding hydrogens is 243 g/mol. The summed E-state index contributed by atoms with van der Waals surface area (Å²) in [5, 5.41) is 18.8. The van der Waals surface area contributed by atoms with Crippen molar-refractivity contribution in [3.8, 4) is 0 Å². The van der Waals surface area contributed by atoms with Crippen LogP contribution in [0.25, 0.3) is 0 Å². The van der Waals surface area contributed by atoms with Crippen LogP contribution in [0.4, 0.5) is 0 Å². The first kappa shape index (κ1) is 16.6. The topological polar surface area (TPSA) is 94.8 Å². The summed E-state index contributed by atoms with van der Waals surface area (Å²) in [6.07, 6.45) is -0.637. The van der Waals surface area contributed by atoms with Crippen molar-refractivity contribution in [1.82, 2.24) is 0 Å². The van der Waals surface area contributed by atoms with Crippen molar-refractivity contribution in [3.63, 3.8) is 0 Å². The van der Waals surface area contributed by atoms with Crippen LogP contribution < -0.4 is 0 Å². The van der Waals surface area contributed by atoms with Gasteiger partial charge in [-0.3, -0.25) is 4.79 Å². The quantitative estimate of drug-likeness (QED) is 0.568. The van der Waals surface area contributed by atoms with Crippen molar-refractivity contribution in [1.29, 1.82) is 0 Å². The summed E-state index contributed by atoms with van der Waals surface area (Å²) in [5.41, 5.74) is 0. The molecule has 0 aromatic rings. The zero-order chi connectivity index (χ0) is 13.6. The Balaban J connectivity index is 4.32. The van der Waals surface area contributed by atoms with Gasteiger partial charge in [-0.2, -0.15) is 4.89 Å². The lowest BCUT2D eigenvalue weighted by molar-refractivity contribution is -0.124. The smallest absolute Gasteiger partial charge is 0.396 e. The van der Waals surface area contributed by atoms with Crippen LogP contribution in [-0.4, -0.2) is 39.8 Å². The molecule has 6 heteroatoms. The lowest BCUT2D eigenvalue weighted by atomic mass is 9.85. The SMILES string of the molecule is C[C@@H](CO)C[C@H](C)[C@H](O)[C@@H](C)C(=O)C[P+](=O)O. The largest absolute Gasteiger partial charge is 0.513 e. The Labute approximate surface area is 103 Å². The maximum Gasteiger partial charge on any atom is 0.513 e. The second-order valence-corrected chi connectivity index (χ2v) is 5.78. The van der Waals surface area contributed by atoms with Crippen molar-refractivity contribution in [2.24, 2.45) is 17.8 Å². The van der Waals surface area contributed by atoms with Gasteiger partial charge in [-0.25, -0.2) is 0 Å². The molecule has 17 heavy (non-hydrogen) atoms. The van der Waals surface area contributed by atoms with Gasteiger partial charge in [0.2, 0.25) is 6.16 Å². The molecule has 0 aromatic carbocycles. The van der Waals surface area contributed by atoms with Crippen LogP contribution >= 0.6 is 8.03 Å². The van der Waals surface area contributed by atoms with Gasteiger partial charge in [0.1, 0.15) is 0 Å². The maximum atomic E-state index is 11.5. The van der Waals surface area contributed by atoms with Gasteiger partial charge in [-0.15, -0.1) is 0 Å². The van der Waals surface area contributed by atoms with E-state index >= 15 is 0 Å². The van der Waals surface area contributed by atoms with Crippen LogP contribution in [0.5, 0.6) is 0 Å². The minimum Gasteiger partial charge on any atom is -0.396 e. The highest BCUT2D eigenvalue weighted by Crippen LogP contribution is 2.23. The molecule has 0 aliphatic carbocycles. The molecule has 0 spiro atoms. The molecule has 0 rings (SSSR count). The van der Waals surface area contributed by atoms with Crippen LogP contribution in [0, 0.1) is 17.8 Å². The number of ketones is 1. The summed E-state index contributed by atoms with van der Waals surface area (Å²) in [6, 6.07) is 0. The van der Waals surface area contributed by atoms with E-state index in [1.807, 2.05) is 6.92 Å². The van der Waals surface area contributed by atoms with Crippen LogP contribution in [-0.2, 0) is 9.36 Å². The molecule has 5 atom stereocenters. The Hall–Kier alpha value is -0.350. The monoisotopic (exact) mass is 265 g/mol. The summed E-state index contributed by atoms with van der Waals surface area (Å²) in [7, 11) is -2.49. The molecule has 0 aliphatic rings. The summed E-state index contributed by atoms with van der Waals surface area (Å²) in [6.45, 7) is 5.27. The Morgan fingerprint density at radius 3 is 2.24 bits per heavy atom. The summed E-state index contributed by atoms with van der Waals surface area (Å²) >= 11 is 0. The van der Waals surface area contributed by atoms with E-state index in [-0.39, 0.29) is 18.4 Å². The average Bonchev–Trinajstić information content (AvgIpc) is 2.25. The molecule has 0 aromatic heterocycles. The van der Waals surface area contributed by atoms with Crippen molar-refractivity contribution in [2.75, 3.05) is 12.8 Å². The van der Waals surface area contributed by atoms with Crippen molar-refractivity contribution >= 4 is 13.8 Å². The number of hydrogen-bond acceptors (Lipinski definition) is 4. The number of rotatable bonds is 8. The van der Waals surface area contributed by atoms with Crippen LogP contribution in [0.3, 0.4) is 0 Å². The molecule has 3 N–H and O–H groups in total. The first-order valence-electron chi connectivity index (χ1n) is 5.74. The van der Waals surface area contributed by atoms with Gasteiger partial charge in [0.15, 0.2) is 5.78 Å². The molecule has 0 fully saturated rings. The summed E-state index contributed by atoms with van der Waals surface area (Å²) < 4.78 is 10.5. The van der Waals surface area contributed by atoms with Crippen LogP contribution in [0.15, 0.2) is 0 Å². The Morgan fingerprint density at radius 1 is 1.29 bits per heavy atom. The Morgan fingerprint density at radius 2 is 1.82 bits per heavy atom. The van der Waals surface area contributed by atoms with Gasteiger partial charge < -0.3 is 10.2 Å². The van der Waals surface area contributed by atoms with E-state index in [4.69, 9.17) is 10.00 Å². The number of hydrogen-bond donors (Lipinski definition) is 3. The molecule has 1 unspecified atom stereocenters. The number of aliphatic hydroxyl groups is 2. The van der Waals surface area contributed by atoms with Gasteiger partial charge in [0.25, 0.3) is 0 Å². The van der Waals surface area contributed by atoms with Gasteiger partial charge in [0, 0.05) is 12.5 Å². The molecule has 0 heterocycles. The van der Waals surface area contributed by atoms with Crippen LogP contribution in [0.1, 0.15) is 27.2 Å². The summed E-state index contributed by atoms with van der Waals surface area (Å²) in [4.78, 5) is 20.2. The fourth-order valence-corrected chi connectivity index (χ4v) is 2.36. The number of Topliss-reactive ketones (excluding diaryl/α,β-unsaturated/α-hetero) is 1. The molecule has 100 valence electrons. The molecule has 0 radical (unpaired) electrons. The van der Waals surface area contributed by atoms with Gasteiger partial charge in [-0.1, -0.05) is 20.8 Å². The van der Waals surface area contributed by atoms with E-state index in [0.29, 0.717) is 6.42 Å². The van der Waals surface area contributed by atoms with E-state index in [9.17, 15) is 14.5 Å². The van der Waals surface area contributed by atoms with E-state index in [0.717, 1.165) is 0 Å². The third-order valence-corrected chi connectivity index (χ3v) is 3.56. The predicted octanol–water partition coefficient (Wildman–Crippen LogP) is 0.942. The molecular formula is C11H22O5P+. The second-order valence-electron chi connectivity index (χ2n) is 4.76. The first-order valence-corrected chi connectivity index (χ1v) is 7.14. The van der Waals surface area contributed by atoms with E-state index in [1.165, 1.54) is 0 Å². The van der Waals surface area contributed by atoms with E-state index in [2.05, 4.69) is 0 Å². The van der Waals surface area contributed by atoms with Gasteiger partial charge in [-0.05, 0) is 22.8 Å². The number of carbonyl (C=O) groups excluding carboxylic acids is 1. The van der Waals surface area contributed by atoms with Gasteiger partial charge in [0.05, 0.1) is 6.10 Å². The molecule has 0 bridgehead atoms. The first-order chi connectivity index (χ1) is 7.79. The number of aliphatic hydroxyl groups excluding tert-OH is 2. The van der Waals surface area contributed by atoms with Crippen molar-refractivity contribution < 1.29 is 24.5 Å². The minimum absolute atomic E-state index is 0.0435. The third-order valence-electron chi connectivity index (χ3n) is 2.98. The second kappa shape index (κ2) is 7.88. The Bertz CT molecular complexity index is 269. The average molecular weight is 265 g/mol. The summed E-state index contributed by atoms with van der Waals surface area (Å²) in [5.74, 6) is -1.12. The normalized spacial score (nSPS) is 19.3. The lowest BCUT2D eigenvalue weighted by Gasteiger charge is -2.24. The Kier molecular flexibility index (Phi) is 7.71. The lowest BCUT2D eigenvalue weighted by Crippen LogP contribution is -2.33. The molecule has 0 saturated carbocycles. The highest BCUT2D eigenvalue weighted by Gasteiger charge is 2.31. The minimum atomic E-state index is -2.49. The standard InChI is InChI=1S/C11H21O5P/c1-7(5-12)4-8(2)11(14)9(3)10(13)6-17(15)16/h7-9,11-12,14H,4-6H2,1-3H3/p+1/t7-,8+,9+,11+/m1/s1. The molecule has 0 amide bonds. The molecule has 5 nitrogen and oxygen atoms in total. The maximum absolute atomic E-state index is 11.5.